The molecule has 0 aliphatic carbocycles. The molecule has 0 saturated heterocycles. The van der Waals surface area contributed by atoms with E-state index in [1.165, 1.54) is 13.8 Å². The van der Waals surface area contributed by atoms with E-state index in [0.717, 1.165) is 0 Å². The summed E-state index contributed by atoms with van der Waals surface area (Å²) in [5, 5.41) is 58.4. The average molecular weight is 524 g/mol. The van der Waals surface area contributed by atoms with Crippen LogP contribution in [0.15, 0.2) is 0 Å². The number of aliphatic hydroxyl groups excluding tert-OH is 1. The third kappa shape index (κ3) is 13.1. The molecule has 0 spiro atoms. The van der Waals surface area contributed by atoms with Crippen molar-refractivity contribution in [1.29, 1.82) is 0 Å². The Morgan fingerprint density at radius 2 is 0.806 bits per heavy atom. The Morgan fingerprint density at radius 3 is 0.889 bits per heavy atom. The molecule has 0 amide bonds. The molecule has 0 rings (SSSR count). The maximum Gasteiger partial charge on any atom is 0.344 e. The smallest absolute Gasteiger partial charge is 0.344 e. The maximum absolute atomic E-state index is 10.8. The predicted octanol–water partition coefficient (Wildman–Crippen LogP) is -0.217. The first-order valence-electron chi connectivity index (χ1n) is 10.4. The lowest BCUT2D eigenvalue weighted by Crippen LogP contribution is -2.34. The second-order valence-corrected chi connectivity index (χ2v) is 7.48. The number of aliphatic carboxylic acids is 6. The van der Waals surface area contributed by atoms with Crippen molar-refractivity contribution in [3.05, 3.63) is 0 Å². The van der Waals surface area contributed by atoms with Crippen LogP contribution < -0.4 is 0 Å². The summed E-state index contributed by atoms with van der Waals surface area (Å²) in [6.45, 7) is 5.91. The highest BCUT2D eigenvalue weighted by Gasteiger charge is 2.36. The van der Waals surface area contributed by atoms with Crippen LogP contribution >= 0.6 is 0 Å². The predicted molar refractivity (Wildman–Crippen MR) is 117 cm³/mol. The van der Waals surface area contributed by atoms with Crippen molar-refractivity contribution in [3.63, 3.8) is 0 Å². The first kappa shape index (κ1) is 36.7. The van der Waals surface area contributed by atoms with Crippen LogP contribution in [0.3, 0.4) is 0 Å². The number of aldehydes is 2. The molecule has 15 nitrogen and oxygen atoms in total. The Labute approximate surface area is 205 Å². The number of carboxylic acids is 6. The molecule has 0 radical (unpaired) electrons. The fourth-order valence-corrected chi connectivity index (χ4v) is 2.82. The lowest BCUT2D eigenvalue weighted by atomic mass is 9.82. The Bertz CT molecular complexity index is 722. The van der Waals surface area contributed by atoms with Gasteiger partial charge in [-0.05, 0) is 12.8 Å². The number of rotatable bonds is 14. The van der Waals surface area contributed by atoms with Gasteiger partial charge in [0, 0.05) is 11.8 Å². The largest absolute Gasteiger partial charge is 0.481 e. The highest BCUT2D eigenvalue weighted by Crippen LogP contribution is 2.24. The number of carbonyl (C=O) groups excluding carboxylic acids is 2. The zero-order valence-electron chi connectivity index (χ0n) is 20.0. The van der Waals surface area contributed by atoms with Gasteiger partial charge in [0.1, 0.15) is 12.6 Å². The molecule has 0 aromatic carbocycles. The summed E-state index contributed by atoms with van der Waals surface area (Å²) in [5.41, 5.74) is 0. The minimum Gasteiger partial charge on any atom is -0.481 e. The Hall–Kier alpha value is -3.88. The molecule has 15 heteroatoms. The van der Waals surface area contributed by atoms with Gasteiger partial charge in [0.2, 0.25) is 6.10 Å². The van der Waals surface area contributed by atoms with E-state index in [2.05, 4.69) is 0 Å². The highest BCUT2D eigenvalue weighted by molar-refractivity contribution is 5.95. The van der Waals surface area contributed by atoms with Crippen LogP contribution in [0.4, 0.5) is 0 Å². The molecule has 36 heavy (non-hydrogen) atoms. The van der Waals surface area contributed by atoms with Crippen LogP contribution in [0.5, 0.6) is 0 Å². The first-order chi connectivity index (χ1) is 16.5. The maximum atomic E-state index is 10.8. The van der Waals surface area contributed by atoms with Gasteiger partial charge in [0.05, 0.1) is 23.7 Å². The lowest BCUT2D eigenvalue weighted by molar-refractivity contribution is -0.161. The standard InChI is InChI=1S/2C9H14O5.C3H4O5/c2*1-3-6(4-10)7(9(13)14)5(2)8(11)12;4-1(2(5)6)3(7)8/h2*4-7H,3H2,1-2H3,(H,11,12)(H,13,14);1,4H,(H,5,6)(H,7,8). The van der Waals surface area contributed by atoms with Crippen LogP contribution in [0.2, 0.25) is 0 Å². The molecule has 0 bridgehead atoms. The van der Waals surface area contributed by atoms with Gasteiger partial charge in [-0.15, -0.1) is 0 Å². The van der Waals surface area contributed by atoms with E-state index in [-0.39, 0.29) is 0 Å². The summed E-state index contributed by atoms with van der Waals surface area (Å²) in [6, 6.07) is 0. The molecular formula is C21H32O15. The summed E-state index contributed by atoms with van der Waals surface area (Å²) in [6.07, 6.45) is -0.609. The van der Waals surface area contributed by atoms with Crippen molar-refractivity contribution in [3.8, 4) is 0 Å². The summed E-state index contributed by atoms with van der Waals surface area (Å²) < 4.78 is 0. The lowest BCUT2D eigenvalue weighted by Gasteiger charge is -2.20. The summed E-state index contributed by atoms with van der Waals surface area (Å²) in [7, 11) is 0. The third-order valence-corrected chi connectivity index (χ3v) is 5.11. The van der Waals surface area contributed by atoms with Gasteiger partial charge < -0.3 is 45.3 Å². The van der Waals surface area contributed by atoms with Gasteiger partial charge in [-0.2, -0.15) is 0 Å². The van der Waals surface area contributed by atoms with Crippen molar-refractivity contribution in [1.82, 2.24) is 0 Å². The summed E-state index contributed by atoms with van der Waals surface area (Å²) in [4.78, 5) is 82.9. The van der Waals surface area contributed by atoms with E-state index in [1.807, 2.05) is 0 Å². The van der Waals surface area contributed by atoms with Gasteiger partial charge in [0.15, 0.2) is 0 Å². The third-order valence-electron chi connectivity index (χ3n) is 5.11. The van der Waals surface area contributed by atoms with E-state index >= 15 is 0 Å². The summed E-state index contributed by atoms with van der Waals surface area (Å²) >= 11 is 0. The number of hydrogen-bond acceptors (Lipinski definition) is 9. The van der Waals surface area contributed by atoms with Gasteiger partial charge in [0.25, 0.3) is 0 Å². The number of carboxylic acid groups (broad SMARTS) is 6. The van der Waals surface area contributed by atoms with E-state index in [4.69, 9.17) is 35.7 Å². The van der Waals surface area contributed by atoms with Crippen molar-refractivity contribution in [2.24, 2.45) is 35.5 Å². The van der Waals surface area contributed by atoms with Crippen molar-refractivity contribution < 1.29 is 74.1 Å². The normalized spacial score (nSPS) is 15.1. The Balaban J connectivity index is -0.000000472. The topological polar surface area (TPSA) is 278 Å². The van der Waals surface area contributed by atoms with Gasteiger partial charge in [-0.3, -0.25) is 19.2 Å². The summed E-state index contributed by atoms with van der Waals surface area (Å²) in [5.74, 6) is -14.2. The van der Waals surface area contributed by atoms with Crippen LogP contribution in [-0.2, 0) is 38.4 Å². The Kier molecular flexibility index (Phi) is 18.8. The number of aliphatic hydroxyl groups is 1. The molecule has 0 aliphatic rings. The molecule has 0 fully saturated rings. The zero-order chi connectivity index (χ0) is 29.3. The van der Waals surface area contributed by atoms with Crippen LogP contribution in [0.1, 0.15) is 40.5 Å². The molecular weight excluding hydrogens is 492 g/mol. The molecule has 0 aliphatic heterocycles. The zero-order valence-corrected chi connectivity index (χ0v) is 20.0. The van der Waals surface area contributed by atoms with E-state index in [9.17, 15) is 38.4 Å². The molecule has 0 saturated carbocycles. The van der Waals surface area contributed by atoms with Crippen molar-refractivity contribution in [2.75, 3.05) is 0 Å². The highest BCUT2D eigenvalue weighted by atomic mass is 16.4. The average Bonchev–Trinajstić information content (AvgIpc) is 2.79. The van der Waals surface area contributed by atoms with Crippen LogP contribution in [0.25, 0.3) is 0 Å². The minimum absolute atomic E-state index is 0.331. The fourth-order valence-electron chi connectivity index (χ4n) is 2.82. The van der Waals surface area contributed by atoms with Crippen LogP contribution in [-0.4, -0.2) is 90.2 Å². The molecule has 6 unspecified atom stereocenters. The van der Waals surface area contributed by atoms with E-state index < -0.39 is 77.4 Å². The molecule has 6 atom stereocenters. The van der Waals surface area contributed by atoms with E-state index in [0.29, 0.717) is 25.4 Å². The second kappa shape index (κ2) is 18.4. The first-order valence-corrected chi connectivity index (χ1v) is 10.4. The van der Waals surface area contributed by atoms with Gasteiger partial charge in [-0.25, -0.2) is 9.59 Å². The monoisotopic (exact) mass is 524 g/mol. The molecule has 0 heterocycles. The SMILES string of the molecule is CCC(C=O)C(C(=O)O)C(C)C(=O)O.CCC(C=O)C(C(=O)O)C(C)C(=O)O.O=C(O)C(O)C(=O)O. The van der Waals surface area contributed by atoms with Crippen molar-refractivity contribution >= 4 is 48.4 Å². The number of carbonyl (C=O) groups is 8. The van der Waals surface area contributed by atoms with Crippen LogP contribution in [0, 0.1) is 35.5 Å². The minimum atomic E-state index is -2.30. The molecule has 0 aromatic heterocycles. The van der Waals surface area contributed by atoms with Gasteiger partial charge >= 0.3 is 35.8 Å². The molecule has 206 valence electrons. The fraction of sp³-hybridized carbons (Fsp3) is 0.619. The van der Waals surface area contributed by atoms with Crippen molar-refractivity contribution in [2.45, 2.75) is 46.6 Å². The molecule has 7 N–H and O–H groups in total. The quantitative estimate of drug-likeness (QED) is 0.114. The molecule has 0 aromatic rings. The van der Waals surface area contributed by atoms with E-state index in [1.54, 1.807) is 13.8 Å². The number of hydrogen-bond donors (Lipinski definition) is 7. The van der Waals surface area contributed by atoms with Gasteiger partial charge in [-0.1, -0.05) is 27.7 Å². The Morgan fingerprint density at radius 1 is 0.556 bits per heavy atom. The second-order valence-electron chi connectivity index (χ2n) is 7.48.